The van der Waals surface area contributed by atoms with Gasteiger partial charge in [0, 0.05) is 5.41 Å². The van der Waals surface area contributed by atoms with Gasteiger partial charge in [-0.25, -0.2) is 0 Å². The monoisotopic (exact) mass is 255 g/mol. The predicted molar refractivity (Wildman–Crippen MR) is 66.0 cm³/mol. The molecule has 1 rings (SSSR count). The number of carbonyl (C=O) groups is 1. The van der Waals surface area contributed by atoms with Gasteiger partial charge in [0.2, 0.25) is 5.89 Å². The van der Waals surface area contributed by atoms with E-state index in [9.17, 15) is 4.79 Å². The zero-order chi connectivity index (χ0) is 13.8. The summed E-state index contributed by atoms with van der Waals surface area (Å²) in [6.07, 6.45) is 0. The summed E-state index contributed by atoms with van der Waals surface area (Å²) >= 11 is 0. The third kappa shape index (κ3) is 4.44. The molecule has 18 heavy (non-hydrogen) atoms. The molecule has 1 aromatic heterocycles. The maximum absolute atomic E-state index is 11.3. The van der Waals surface area contributed by atoms with Crippen molar-refractivity contribution in [3.8, 4) is 0 Å². The highest BCUT2D eigenvalue weighted by atomic mass is 16.5. The minimum Gasteiger partial charge on any atom is -0.465 e. The Balaban J connectivity index is 2.52. The van der Waals surface area contributed by atoms with Gasteiger partial charge in [-0.05, 0) is 14.0 Å². The number of aromatic nitrogens is 2. The van der Waals surface area contributed by atoms with Crippen LogP contribution in [0, 0.1) is 0 Å². The molecule has 0 aromatic carbocycles. The highest BCUT2D eigenvalue weighted by Gasteiger charge is 2.22. The highest BCUT2D eigenvalue weighted by Crippen LogP contribution is 2.19. The second-order valence-electron chi connectivity index (χ2n) is 5.24. The highest BCUT2D eigenvalue weighted by molar-refractivity contribution is 5.71. The number of hydrogen-bond acceptors (Lipinski definition) is 6. The van der Waals surface area contributed by atoms with Crippen LogP contribution in [0.5, 0.6) is 0 Å². The molecule has 6 nitrogen and oxygen atoms in total. The Labute approximate surface area is 107 Å². The first-order valence-corrected chi connectivity index (χ1v) is 6.00. The Morgan fingerprint density at radius 1 is 1.44 bits per heavy atom. The molecule has 0 unspecified atom stereocenters. The van der Waals surface area contributed by atoms with E-state index in [0.29, 0.717) is 24.9 Å². The molecule has 0 saturated heterocycles. The molecule has 0 aliphatic heterocycles. The third-order valence-corrected chi connectivity index (χ3v) is 2.23. The van der Waals surface area contributed by atoms with Gasteiger partial charge in [-0.3, -0.25) is 9.69 Å². The van der Waals surface area contributed by atoms with Crippen LogP contribution < -0.4 is 0 Å². The van der Waals surface area contributed by atoms with E-state index in [4.69, 9.17) is 9.26 Å². The molecule has 0 amide bonds. The van der Waals surface area contributed by atoms with E-state index in [0.717, 1.165) is 0 Å². The van der Waals surface area contributed by atoms with Gasteiger partial charge in [0.25, 0.3) is 0 Å². The molecule has 0 N–H and O–H groups in total. The fourth-order valence-corrected chi connectivity index (χ4v) is 1.35. The smallest absolute Gasteiger partial charge is 0.320 e. The summed E-state index contributed by atoms with van der Waals surface area (Å²) in [5, 5.41) is 3.90. The number of carbonyl (C=O) groups excluding carboxylic acids is 1. The summed E-state index contributed by atoms with van der Waals surface area (Å²) in [5.41, 5.74) is -0.162. The Hall–Kier alpha value is -1.43. The van der Waals surface area contributed by atoms with Crippen molar-refractivity contribution in [1.82, 2.24) is 15.0 Å². The first kappa shape index (κ1) is 14.6. The number of hydrogen-bond donors (Lipinski definition) is 0. The van der Waals surface area contributed by atoms with Gasteiger partial charge in [0.05, 0.1) is 19.7 Å². The number of likely N-dealkylation sites (N-methyl/N-ethyl adjacent to an activating group) is 1. The third-order valence-electron chi connectivity index (χ3n) is 2.23. The maximum atomic E-state index is 11.3. The second kappa shape index (κ2) is 5.95. The molecule has 0 atom stereocenters. The lowest BCUT2D eigenvalue weighted by molar-refractivity contribution is -0.144. The molecule has 1 aromatic rings. The van der Waals surface area contributed by atoms with Gasteiger partial charge in [-0.15, -0.1) is 0 Å². The van der Waals surface area contributed by atoms with Crippen molar-refractivity contribution in [2.24, 2.45) is 0 Å². The van der Waals surface area contributed by atoms with E-state index < -0.39 is 0 Å². The standard InChI is InChI=1S/C12H21N3O3/c1-6-17-10(16)8-15(5)7-9-13-11(18-14-9)12(2,3)4/h6-8H2,1-5H3. The lowest BCUT2D eigenvalue weighted by Crippen LogP contribution is -2.27. The van der Waals surface area contributed by atoms with Crippen LogP contribution in [0.2, 0.25) is 0 Å². The number of nitrogens with zero attached hydrogens (tertiary/aromatic N) is 3. The molecular weight excluding hydrogens is 234 g/mol. The van der Waals surface area contributed by atoms with Crippen LogP contribution >= 0.6 is 0 Å². The van der Waals surface area contributed by atoms with Crippen LogP contribution in [-0.2, 0) is 21.5 Å². The van der Waals surface area contributed by atoms with Crippen molar-refractivity contribution in [3.63, 3.8) is 0 Å². The minimum atomic E-state index is -0.250. The fourth-order valence-electron chi connectivity index (χ4n) is 1.35. The summed E-state index contributed by atoms with van der Waals surface area (Å²) in [6, 6.07) is 0. The number of rotatable bonds is 5. The summed E-state index contributed by atoms with van der Waals surface area (Å²) in [7, 11) is 1.81. The van der Waals surface area contributed by atoms with Gasteiger partial charge in [0.15, 0.2) is 5.82 Å². The first-order valence-electron chi connectivity index (χ1n) is 6.00. The van der Waals surface area contributed by atoms with E-state index in [-0.39, 0.29) is 17.9 Å². The van der Waals surface area contributed by atoms with Crippen molar-refractivity contribution >= 4 is 5.97 Å². The van der Waals surface area contributed by atoms with E-state index in [1.165, 1.54) is 0 Å². The van der Waals surface area contributed by atoms with Gasteiger partial charge >= 0.3 is 5.97 Å². The van der Waals surface area contributed by atoms with Gasteiger partial charge in [-0.1, -0.05) is 25.9 Å². The van der Waals surface area contributed by atoms with Crippen molar-refractivity contribution in [2.45, 2.75) is 39.7 Å². The van der Waals surface area contributed by atoms with Crippen LogP contribution in [0.4, 0.5) is 0 Å². The van der Waals surface area contributed by atoms with Crippen LogP contribution in [0.3, 0.4) is 0 Å². The molecule has 0 radical (unpaired) electrons. The molecule has 0 bridgehead atoms. The van der Waals surface area contributed by atoms with Crippen LogP contribution in [0.1, 0.15) is 39.4 Å². The maximum Gasteiger partial charge on any atom is 0.320 e. The molecule has 1 heterocycles. The SMILES string of the molecule is CCOC(=O)CN(C)Cc1noc(C(C)(C)C)n1. The van der Waals surface area contributed by atoms with Crippen molar-refractivity contribution in [1.29, 1.82) is 0 Å². The lowest BCUT2D eigenvalue weighted by Gasteiger charge is -2.13. The van der Waals surface area contributed by atoms with Crippen LogP contribution in [0.15, 0.2) is 4.52 Å². The van der Waals surface area contributed by atoms with Gasteiger partial charge in [0.1, 0.15) is 0 Å². The largest absolute Gasteiger partial charge is 0.465 e. The second-order valence-corrected chi connectivity index (χ2v) is 5.24. The summed E-state index contributed by atoms with van der Waals surface area (Å²) in [6.45, 7) is 8.87. The predicted octanol–water partition coefficient (Wildman–Crippen LogP) is 1.36. The zero-order valence-corrected chi connectivity index (χ0v) is 11.7. The molecule has 0 aliphatic rings. The lowest BCUT2D eigenvalue weighted by atomic mass is 9.97. The average molecular weight is 255 g/mol. The van der Waals surface area contributed by atoms with Crippen LogP contribution in [0.25, 0.3) is 0 Å². The Bertz CT molecular complexity index is 396. The molecule has 0 fully saturated rings. The molecule has 6 heteroatoms. The quantitative estimate of drug-likeness (QED) is 0.740. The molecule has 0 aliphatic carbocycles. The summed E-state index contributed by atoms with van der Waals surface area (Å²) in [4.78, 5) is 17.4. The molecular formula is C12H21N3O3. The number of ether oxygens (including phenoxy) is 1. The van der Waals surface area contributed by atoms with Crippen LogP contribution in [-0.4, -0.2) is 41.2 Å². The Kier molecular flexibility index (Phi) is 4.84. The van der Waals surface area contributed by atoms with E-state index in [2.05, 4.69) is 10.1 Å². The zero-order valence-electron chi connectivity index (χ0n) is 11.7. The van der Waals surface area contributed by atoms with Gasteiger partial charge in [-0.2, -0.15) is 4.98 Å². The molecule has 0 spiro atoms. The van der Waals surface area contributed by atoms with E-state index in [1.807, 2.05) is 27.8 Å². The number of esters is 1. The normalized spacial score (nSPS) is 11.9. The summed E-state index contributed by atoms with van der Waals surface area (Å²) < 4.78 is 10.0. The average Bonchev–Trinajstić information content (AvgIpc) is 2.65. The van der Waals surface area contributed by atoms with E-state index in [1.54, 1.807) is 11.8 Å². The summed E-state index contributed by atoms with van der Waals surface area (Å²) in [5.74, 6) is 0.924. The molecule has 0 saturated carbocycles. The Morgan fingerprint density at radius 3 is 2.61 bits per heavy atom. The van der Waals surface area contributed by atoms with Crippen molar-refractivity contribution in [3.05, 3.63) is 11.7 Å². The molecule has 102 valence electrons. The van der Waals surface area contributed by atoms with Crippen molar-refractivity contribution < 1.29 is 14.1 Å². The Morgan fingerprint density at radius 2 is 2.11 bits per heavy atom. The van der Waals surface area contributed by atoms with Crippen molar-refractivity contribution in [2.75, 3.05) is 20.2 Å². The fraction of sp³-hybridized carbons (Fsp3) is 0.750. The minimum absolute atomic E-state index is 0.162. The van der Waals surface area contributed by atoms with Gasteiger partial charge < -0.3 is 9.26 Å². The first-order chi connectivity index (χ1) is 8.32. The topological polar surface area (TPSA) is 68.5 Å². The van der Waals surface area contributed by atoms with E-state index >= 15 is 0 Å².